The highest BCUT2D eigenvalue weighted by Crippen LogP contribution is 2.31. The number of carbonyl (C=O) groups excluding carboxylic acids is 1. The first-order valence-corrected chi connectivity index (χ1v) is 9.23. The van der Waals surface area contributed by atoms with Crippen molar-refractivity contribution in [2.24, 2.45) is 4.99 Å². The topological polar surface area (TPSA) is 34.4 Å². The van der Waals surface area contributed by atoms with Crippen molar-refractivity contribution in [3.63, 3.8) is 0 Å². The van der Waals surface area contributed by atoms with Crippen molar-refractivity contribution in [2.45, 2.75) is 13.0 Å². The van der Waals surface area contributed by atoms with Crippen molar-refractivity contribution in [2.75, 3.05) is 0 Å². The number of thiophene rings is 1. The molecule has 118 valence electrons. The first-order valence-electron chi connectivity index (χ1n) is 6.78. The van der Waals surface area contributed by atoms with Crippen molar-refractivity contribution in [3.8, 4) is 0 Å². The molecule has 2 aromatic heterocycles. The van der Waals surface area contributed by atoms with Gasteiger partial charge in [-0.1, -0.05) is 46.7 Å². The Bertz CT molecular complexity index is 939. The summed E-state index contributed by atoms with van der Waals surface area (Å²) in [6.45, 7) is 4.26. The highest BCUT2D eigenvalue weighted by Gasteiger charge is 2.13. The number of aromatic nitrogens is 1. The van der Waals surface area contributed by atoms with Crippen LogP contribution in [0.4, 0.5) is 0 Å². The number of fused-ring (bicyclic) bond motifs is 1. The molecule has 0 unspecified atom stereocenters. The second-order valence-corrected chi connectivity index (χ2v) is 7.58. The van der Waals surface area contributed by atoms with Crippen LogP contribution in [-0.4, -0.2) is 10.5 Å². The fourth-order valence-corrected chi connectivity index (χ4v) is 4.57. The number of amides is 1. The smallest absolute Gasteiger partial charge is 0.253 e. The van der Waals surface area contributed by atoms with Crippen LogP contribution in [0.3, 0.4) is 0 Å². The third-order valence-corrected chi connectivity index (χ3v) is 5.89. The van der Waals surface area contributed by atoms with Gasteiger partial charge in [0.25, 0.3) is 5.91 Å². The molecule has 1 aromatic carbocycles. The van der Waals surface area contributed by atoms with Gasteiger partial charge in [-0.05, 0) is 23.6 Å². The average molecular weight is 383 g/mol. The molecule has 3 aromatic rings. The number of nitrogens with zero attached hydrogens (tertiary/aromatic N) is 2. The summed E-state index contributed by atoms with van der Waals surface area (Å²) in [4.78, 5) is 18.1. The third-order valence-electron chi connectivity index (χ3n) is 3.17. The molecule has 0 saturated carbocycles. The summed E-state index contributed by atoms with van der Waals surface area (Å²) in [7, 11) is 0. The number of hydrogen-bond acceptors (Lipinski definition) is 3. The Morgan fingerprint density at radius 3 is 2.78 bits per heavy atom. The maximum atomic E-state index is 12.2. The molecule has 1 amide bonds. The van der Waals surface area contributed by atoms with Gasteiger partial charge in [0.2, 0.25) is 0 Å². The van der Waals surface area contributed by atoms with Crippen LogP contribution in [0.15, 0.2) is 47.3 Å². The molecule has 0 aliphatic rings. The molecule has 7 heteroatoms. The van der Waals surface area contributed by atoms with E-state index in [0.717, 1.165) is 15.1 Å². The minimum Gasteiger partial charge on any atom is -0.311 e. The molecule has 3 rings (SSSR count). The van der Waals surface area contributed by atoms with Gasteiger partial charge in [-0.25, -0.2) is 0 Å². The molecule has 23 heavy (non-hydrogen) atoms. The van der Waals surface area contributed by atoms with E-state index in [4.69, 9.17) is 23.2 Å². The normalized spacial score (nSPS) is 12.0. The largest absolute Gasteiger partial charge is 0.311 e. The maximum absolute atomic E-state index is 12.2. The zero-order valence-electron chi connectivity index (χ0n) is 12.0. The Kier molecular flexibility index (Phi) is 5.02. The summed E-state index contributed by atoms with van der Waals surface area (Å²) < 4.78 is 2.69. The van der Waals surface area contributed by atoms with Crippen molar-refractivity contribution < 1.29 is 4.79 Å². The molecule has 0 spiro atoms. The van der Waals surface area contributed by atoms with Crippen LogP contribution in [0.25, 0.3) is 10.2 Å². The summed E-state index contributed by atoms with van der Waals surface area (Å²) in [5.74, 6) is -0.191. The third kappa shape index (κ3) is 3.43. The lowest BCUT2D eigenvalue weighted by Crippen LogP contribution is -2.16. The van der Waals surface area contributed by atoms with E-state index in [9.17, 15) is 4.79 Å². The molecule has 0 bridgehead atoms. The summed E-state index contributed by atoms with van der Waals surface area (Å²) >= 11 is 15.5. The molecule has 0 atom stereocenters. The lowest BCUT2D eigenvalue weighted by Gasteiger charge is -2.03. The van der Waals surface area contributed by atoms with Crippen LogP contribution < -0.4 is 4.80 Å². The summed E-state index contributed by atoms with van der Waals surface area (Å²) in [5, 5.41) is 3.12. The van der Waals surface area contributed by atoms with Gasteiger partial charge in [-0.15, -0.1) is 17.9 Å². The van der Waals surface area contributed by atoms with E-state index in [2.05, 4.69) is 11.6 Å². The van der Waals surface area contributed by atoms with Gasteiger partial charge in [0.05, 0.1) is 26.7 Å². The van der Waals surface area contributed by atoms with Crippen LogP contribution >= 0.6 is 45.9 Å². The van der Waals surface area contributed by atoms with Gasteiger partial charge in [0.1, 0.15) is 0 Å². The number of benzene rings is 1. The van der Waals surface area contributed by atoms with Gasteiger partial charge in [-0.2, -0.15) is 4.99 Å². The first-order chi connectivity index (χ1) is 11.1. The SMILES string of the molecule is C=CCn1c(=NC(=O)Cc2cccs2)sc2c(Cl)ccc(Cl)c21. The van der Waals surface area contributed by atoms with Crippen LogP contribution in [0, 0.1) is 0 Å². The van der Waals surface area contributed by atoms with Gasteiger partial charge >= 0.3 is 0 Å². The Labute approximate surface area is 151 Å². The summed E-state index contributed by atoms with van der Waals surface area (Å²) in [5.41, 5.74) is 0.784. The van der Waals surface area contributed by atoms with Crippen LogP contribution in [0.1, 0.15) is 4.88 Å². The van der Waals surface area contributed by atoms with Gasteiger partial charge < -0.3 is 4.57 Å². The van der Waals surface area contributed by atoms with E-state index in [1.807, 2.05) is 22.1 Å². The molecular formula is C16H12Cl2N2OS2. The lowest BCUT2D eigenvalue weighted by atomic mass is 10.3. The molecule has 0 fully saturated rings. The number of carbonyl (C=O) groups is 1. The Hall–Kier alpha value is -1.40. The number of allylic oxidation sites excluding steroid dienone is 1. The number of hydrogen-bond donors (Lipinski definition) is 0. The van der Waals surface area contributed by atoms with Gasteiger partial charge in [0, 0.05) is 11.4 Å². The summed E-state index contributed by atoms with van der Waals surface area (Å²) in [6.07, 6.45) is 2.04. The fraction of sp³-hybridized carbons (Fsp3) is 0.125. The van der Waals surface area contributed by atoms with Crippen molar-refractivity contribution in [3.05, 3.63) is 62.0 Å². The van der Waals surface area contributed by atoms with Crippen LogP contribution in [0.5, 0.6) is 0 Å². The first kappa shape index (κ1) is 16.5. The van der Waals surface area contributed by atoms with E-state index in [-0.39, 0.29) is 5.91 Å². The Balaban J connectivity index is 2.12. The zero-order chi connectivity index (χ0) is 16.4. The fourth-order valence-electron chi connectivity index (χ4n) is 2.20. The summed E-state index contributed by atoms with van der Waals surface area (Å²) in [6, 6.07) is 7.34. The van der Waals surface area contributed by atoms with E-state index in [1.165, 1.54) is 11.3 Å². The van der Waals surface area contributed by atoms with Gasteiger partial charge in [0.15, 0.2) is 4.80 Å². The molecule has 0 radical (unpaired) electrons. The lowest BCUT2D eigenvalue weighted by molar-refractivity contribution is -0.117. The monoisotopic (exact) mass is 382 g/mol. The zero-order valence-corrected chi connectivity index (χ0v) is 15.1. The second kappa shape index (κ2) is 7.01. The molecule has 0 N–H and O–H groups in total. The van der Waals surface area contributed by atoms with Crippen LogP contribution in [0.2, 0.25) is 10.0 Å². The van der Waals surface area contributed by atoms with Crippen molar-refractivity contribution in [1.29, 1.82) is 0 Å². The molecule has 3 nitrogen and oxygen atoms in total. The van der Waals surface area contributed by atoms with Crippen molar-refractivity contribution >= 4 is 62.0 Å². The quantitative estimate of drug-likeness (QED) is 0.589. The molecule has 0 aliphatic carbocycles. The Morgan fingerprint density at radius 1 is 1.30 bits per heavy atom. The molecule has 2 heterocycles. The average Bonchev–Trinajstić information content (AvgIpc) is 3.13. The van der Waals surface area contributed by atoms with E-state index < -0.39 is 0 Å². The van der Waals surface area contributed by atoms with E-state index >= 15 is 0 Å². The number of halogens is 2. The second-order valence-electron chi connectivity index (χ2n) is 4.75. The predicted molar refractivity (Wildman–Crippen MR) is 98.6 cm³/mol. The van der Waals surface area contributed by atoms with Gasteiger partial charge in [-0.3, -0.25) is 4.79 Å². The highest BCUT2D eigenvalue weighted by molar-refractivity contribution is 7.17. The van der Waals surface area contributed by atoms with Crippen molar-refractivity contribution in [1.82, 2.24) is 4.57 Å². The minimum atomic E-state index is -0.191. The molecule has 0 saturated heterocycles. The minimum absolute atomic E-state index is 0.191. The maximum Gasteiger partial charge on any atom is 0.253 e. The Morgan fingerprint density at radius 2 is 2.09 bits per heavy atom. The molecule has 0 aliphatic heterocycles. The number of rotatable bonds is 4. The van der Waals surface area contributed by atoms with Crippen LogP contribution in [-0.2, 0) is 17.8 Å². The molecular weight excluding hydrogens is 371 g/mol. The number of thiazole rings is 1. The van der Waals surface area contributed by atoms with E-state index in [1.54, 1.807) is 29.5 Å². The predicted octanol–water partition coefficient (Wildman–Crippen LogP) is 4.93. The highest BCUT2D eigenvalue weighted by atomic mass is 35.5. The van der Waals surface area contributed by atoms with E-state index in [0.29, 0.717) is 27.8 Å². The standard InChI is InChI=1S/C16H12Cl2N2OS2/c1-2-7-20-14-11(17)5-6-12(18)15(14)23-16(20)19-13(21)9-10-4-3-8-22-10/h2-6,8H,1,7,9H2.